The maximum Gasteiger partial charge on any atom is 0.303 e. The van der Waals surface area contributed by atoms with E-state index >= 15 is 0 Å². The highest BCUT2D eigenvalue weighted by Gasteiger charge is 2.11. The number of halogens is 2. The standard InChI is InChI=1S/C10H7ClFNO3/c11-6-3-5(12)4-7-10(6)16-8(13-7)1-2-9(14)15/h3-4H,1-2H2,(H,14,15). The van der Waals surface area contributed by atoms with Crippen LogP contribution in [0.2, 0.25) is 5.02 Å². The van der Waals surface area contributed by atoms with E-state index in [1.165, 1.54) is 6.07 Å². The maximum absolute atomic E-state index is 13.0. The van der Waals surface area contributed by atoms with Crippen molar-refractivity contribution in [2.75, 3.05) is 0 Å². The van der Waals surface area contributed by atoms with Gasteiger partial charge in [-0.05, 0) is 6.07 Å². The Morgan fingerprint density at radius 3 is 3.00 bits per heavy atom. The molecule has 4 nitrogen and oxygen atoms in total. The van der Waals surface area contributed by atoms with Crippen molar-refractivity contribution in [1.82, 2.24) is 4.98 Å². The van der Waals surface area contributed by atoms with Crippen molar-refractivity contribution < 1.29 is 18.7 Å². The number of benzene rings is 1. The first-order valence-corrected chi connectivity index (χ1v) is 4.90. The highest BCUT2D eigenvalue weighted by molar-refractivity contribution is 6.34. The molecule has 0 amide bonds. The van der Waals surface area contributed by atoms with Crippen molar-refractivity contribution in [3.8, 4) is 0 Å². The van der Waals surface area contributed by atoms with Crippen LogP contribution >= 0.6 is 11.6 Å². The Kier molecular flexibility index (Phi) is 2.78. The molecule has 1 aromatic heterocycles. The Morgan fingerprint density at radius 2 is 2.31 bits per heavy atom. The molecule has 84 valence electrons. The third-order valence-corrected chi connectivity index (χ3v) is 2.29. The number of aliphatic carboxylic acids is 1. The van der Waals surface area contributed by atoms with E-state index in [1.54, 1.807) is 0 Å². The molecule has 6 heteroatoms. The Hall–Kier alpha value is -1.62. The fraction of sp³-hybridized carbons (Fsp3) is 0.200. The largest absolute Gasteiger partial charge is 0.481 e. The van der Waals surface area contributed by atoms with E-state index in [4.69, 9.17) is 21.1 Å². The molecule has 0 unspecified atom stereocenters. The molecular weight excluding hydrogens is 237 g/mol. The van der Waals surface area contributed by atoms with Crippen LogP contribution in [0, 0.1) is 5.82 Å². The lowest BCUT2D eigenvalue weighted by Crippen LogP contribution is -1.97. The van der Waals surface area contributed by atoms with Crippen molar-refractivity contribution in [1.29, 1.82) is 0 Å². The van der Waals surface area contributed by atoms with Gasteiger partial charge in [-0.3, -0.25) is 4.79 Å². The average Bonchev–Trinajstić information content (AvgIpc) is 2.57. The molecule has 0 atom stereocenters. The van der Waals surface area contributed by atoms with Crippen LogP contribution in [0.3, 0.4) is 0 Å². The molecular formula is C10H7ClFNO3. The Bertz CT molecular complexity index is 552. The molecule has 1 aromatic carbocycles. The predicted octanol–water partition coefficient (Wildman–Crippen LogP) is 2.64. The van der Waals surface area contributed by atoms with Gasteiger partial charge in [-0.2, -0.15) is 0 Å². The fourth-order valence-electron chi connectivity index (χ4n) is 1.33. The number of carbonyl (C=O) groups is 1. The molecule has 1 heterocycles. The van der Waals surface area contributed by atoms with E-state index in [2.05, 4.69) is 4.98 Å². The minimum atomic E-state index is -0.945. The minimum absolute atomic E-state index is 0.0904. The summed E-state index contributed by atoms with van der Waals surface area (Å²) in [5, 5.41) is 8.62. The van der Waals surface area contributed by atoms with Crippen molar-refractivity contribution in [3.63, 3.8) is 0 Å². The van der Waals surface area contributed by atoms with Crippen molar-refractivity contribution in [2.45, 2.75) is 12.8 Å². The first kappa shape index (κ1) is 10.9. The predicted molar refractivity (Wildman–Crippen MR) is 54.9 cm³/mol. The zero-order valence-electron chi connectivity index (χ0n) is 8.04. The number of aromatic nitrogens is 1. The van der Waals surface area contributed by atoms with Gasteiger partial charge in [0.05, 0.1) is 11.4 Å². The number of aryl methyl sites for hydroxylation is 1. The van der Waals surface area contributed by atoms with E-state index in [0.717, 1.165) is 6.07 Å². The monoisotopic (exact) mass is 243 g/mol. The number of carboxylic acids is 1. The zero-order valence-corrected chi connectivity index (χ0v) is 8.79. The highest BCUT2D eigenvalue weighted by atomic mass is 35.5. The third kappa shape index (κ3) is 2.14. The Morgan fingerprint density at radius 1 is 1.56 bits per heavy atom. The molecule has 0 aliphatic carbocycles. The van der Waals surface area contributed by atoms with Gasteiger partial charge in [-0.1, -0.05) is 11.6 Å². The highest BCUT2D eigenvalue weighted by Crippen LogP contribution is 2.26. The van der Waals surface area contributed by atoms with E-state index < -0.39 is 11.8 Å². The summed E-state index contributed by atoms with van der Waals surface area (Å²) in [4.78, 5) is 14.3. The molecule has 0 saturated carbocycles. The lowest BCUT2D eigenvalue weighted by molar-refractivity contribution is -0.137. The molecule has 0 bridgehead atoms. The Labute approximate surface area is 94.6 Å². The first-order chi connectivity index (χ1) is 7.56. The van der Waals surface area contributed by atoms with E-state index in [9.17, 15) is 9.18 Å². The summed E-state index contributed by atoms with van der Waals surface area (Å²) in [6.07, 6.45) is 0.0644. The summed E-state index contributed by atoms with van der Waals surface area (Å²) in [5.41, 5.74) is 0.578. The van der Waals surface area contributed by atoms with Gasteiger partial charge in [0.15, 0.2) is 11.5 Å². The Balaban J connectivity index is 2.36. The second-order valence-corrected chi connectivity index (χ2v) is 3.64. The van der Waals surface area contributed by atoms with Crippen molar-refractivity contribution in [3.05, 3.63) is 28.9 Å². The minimum Gasteiger partial charge on any atom is -0.481 e. The van der Waals surface area contributed by atoms with E-state index in [0.29, 0.717) is 5.52 Å². The maximum atomic E-state index is 13.0. The second-order valence-electron chi connectivity index (χ2n) is 3.24. The van der Waals surface area contributed by atoms with E-state index in [1.807, 2.05) is 0 Å². The summed E-state index contributed by atoms with van der Waals surface area (Å²) in [6.45, 7) is 0. The van der Waals surface area contributed by atoms with Crippen molar-refractivity contribution in [2.24, 2.45) is 0 Å². The van der Waals surface area contributed by atoms with Gasteiger partial charge in [0.2, 0.25) is 0 Å². The number of nitrogens with zero attached hydrogens (tertiary/aromatic N) is 1. The molecule has 0 spiro atoms. The quantitative estimate of drug-likeness (QED) is 0.900. The van der Waals surface area contributed by atoms with Gasteiger partial charge in [0.25, 0.3) is 0 Å². The van der Waals surface area contributed by atoms with Crippen LogP contribution in [0.25, 0.3) is 11.1 Å². The summed E-state index contributed by atoms with van der Waals surface area (Å²) in [6, 6.07) is 2.31. The average molecular weight is 244 g/mol. The number of hydrogen-bond acceptors (Lipinski definition) is 3. The zero-order chi connectivity index (χ0) is 11.7. The second kappa shape index (κ2) is 4.09. The van der Waals surface area contributed by atoms with Gasteiger partial charge in [0, 0.05) is 12.5 Å². The topological polar surface area (TPSA) is 63.3 Å². The van der Waals surface area contributed by atoms with Crippen LogP contribution in [0.1, 0.15) is 12.3 Å². The molecule has 0 aliphatic rings. The smallest absolute Gasteiger partial charge is 0.303 e. The van der Waals surface area contributed by atoms with Gasteiger partial charge in [-0.25, -0.2) is 9.37 Å². The summed E-state index contributed by atoms with van der Waals surface area (Å²) in [7, 11) is 0. The molecule has 2 aromatic rings. The number of carboxylic acid groups (broad SMARTS) is 1. The molecule has 16 heavy (non-hydrogen) atoms. The molecule has 0 radical (unpaired) electrons. The van der Waals surface area contributed by atoms with Gasteiger partial charge in [0.1, 0.15) is 11.3 Å². The van der Waals surface area contributed by atoms with Crippen LogP contribution in [0.5, 0.6) is 0 Å². The number of fused-ring (bicyclic) bond motifs is 1. The molecule has 0 saturated heterocycles. The first-order valence-electron chi connectivity index (χ1n) is 4.52. The van der Waals surface area contributed by atoms with Gasteiger partial charge in [-0.15, -0.1) is 0 Å². The van der Waals surface area contributed by atoms with Crippen LogP contribution < -0.4 is 0 Å². The number of hydrogen-bond donors (Lipinski definition) is 1. The van der Waals surface area contributed by atoms with Crippen LogP contribution in [-0.2, 0) is 11.2 Å². The van der Waals surface area contributed by atoms with Gasteiger partial charge >= 0.3 is 5.97 Å². The lowest BCUT2D eigenvalue weighted by Gasteiger charge is -1.91. The van der Waals surface area contributed by atoms with Crippen LogP contribution in [0.15, 0.2) is 16.5 Å². The normalized spacial score (nSPS) is 10.9. The summed E-state index contributed by atoms with van der Waals surface area (Å²) < 4.78 is 18.2. The fourth-order valence-corrected chi connectivity index (χ4v) is 1.57. The summed E-state index contributed by atoms with van der Waals surface area (Å²) >= 11 is 5.75. The SMILES string of the molecule is O=C(O)CCc1nc2cc(F)cc(Cl)c2o1. The van der Waals surface area contributed by atoms with Gasteiger partial charge < -0.3 is 9.52 Å². The molecule has 0 fully saturated rings. The number of rotatable bonds is 3. The van der Waals surface area contributed by atoms with E-state index in [-0.39, 0.29) is 29.3 Å². The van der Waals surface area contributed by atoms with Crippen LogP contribution in [-0.4, -0.2) is 16.1 Å². The molecule has 0 aliphatic heterocycles. The van der Waals surface area contributed by atoms with Crippen molar-refractivity contribution >= 4 is 28.7 Å². The molecule has 2 rings (SSSR count). The summed E-state index contributed by atoms with van der Waals surface area (Å²) in [5.74, 6) is -1.21. The molecule has 1 N–H and O–H groups in total. The number of oxazole rings is 1. The third-order valence-electron chi connectivity index (χ3n) is 2.01. The lowest BCUT2D eigenvalue weighted by atomic mass is 10.3. The van der Waals surface area contributed by atoms with Crippen LogP contribution in [0.4, 0.5) is 4.39 Å².